The number of aromatic hydroxyl groups is 1. The van der Waals surface area contributed by atoms with Crippen LogP contribution in [0.25, 0.3) is 10.8 Å². The molecular formula is C32H24Cl3F3N4O5. The number of fused-ring (bicyclic) bond motifs is 5. The van der Waals surface area contributed by atoms with Gasteiger partial charge in [0.15, 0.2) is 15.6 Å². The second-order valence-corrected chi connectivity index (χ2v) is 13.9. The number of halogens is 6. The Morgan fingerprint density at radius 3 is 2.38 bits per heavy atom. The molecule has 3 heterocycles. The summed E-state index contributed by atoms with van der Waals surface area (Å²) in [7, 11) is 2.45. The molecule has 2 aliphatic carbocycles. The van der Waals surface area contributed by atoms with Crippen LogP contribution in [0.3, 0.4) is 0 Å². The first-order valence-electron chi connectivity index (χ1n) is 14.5. The summed E-state index contributed by atoms with van der Waals surface area (Å²) in [5.74, 6) is -7.95. The Balaban J connectivity index is 1.36. The maximum Gasteiger partial charge on any atom is 0.433 e. The average Bonchev–Trinajstić information content (AvgIpc) is 3.36. The number of phenols is 1. The van der Waals surface area contributed by atoms with E-state index in [1.54, 1.807) is 42.5 Å². The van der Waals surface area contributed by atoms with Gasteiger partial charge in [0.2, 0.25) is 0 Å². The van der Waals surface area contributed by atoms with E-state index in [1.165, 1.54) is 14.1 Å². The number of hydrogen-bond donors (Lipinski definition) is 1. The summed E-state index contributed by atoms with van der Waals surface area (Å²) in [5, 5.41) is 14.1. The molecule has 2 aliphatic heterocycles. The van der Waals surface area contributed by atoms with E-state index in [0.29, 0.717) is 27.4 Å². The molecule has 2 saturated heterocycles. The van der Waals surface area contributed by atoms with Crippen LogP contribution in [0, 0.1) is 17.8 Å². The van der Waals surface area contributed by atoms with Crippen molar-refractivity contribution in [2.24, 2.45) is 17.8 Å². The number of aromatic nitrogens is 1. The minimum Gasteiger partial charge on any atom is -0.507 e. The van der Waals surface area contributed by atoms with Crippen LogP contribution in [0.4, 0.5) is 19.0 Å². The third kappa shape index (κ3) is 4.13. The first-order valence-corrected chi connectivity index (χ1v) is 15.6. The predicted molar refractivity (Wildman–Crippen MR) is 166 cm³/mol. The van der Waals surface area contributed by atoms with Gasteiger partial charge in [0.05, 0.1) is 16.9 Å². The van der Waals surface area contributed by atoms with Gasteiger partial charge in [-0.25, -0.2) is 4.98 Å². The SMILES string of the molecule is CN1C(=O)[C@]2(Cl)C[C@@H]3C(=CC[C@@H]4C(=O)N(N(C)c5nc(C(F)(F)F)ccc5Cl)C(=O)[C@@H]43)[C@H](c3ccc4ccccc4c3O)[C@]2(Cl)C1=O. The number of hydrogen-bond acceptors (Lipinski definition) is 7. The molecule has 1 N–H and O–H groups in total. The smallest absolute Gasteiger partial charge is 0.433 e. The number of benzene rings is 2. The van der Waals surface area contributed by atoms with Crippen LogP contribution in [-0.4, -0.2) is 67.5 Å². The van der Waals surface area contributed by atoms with Crippen LogP contribution >= 0.6 is 34.8 Å². The third-order valence-corrected chi connectivity index (χ3v) is 11.7. The number of carbonyl (C=O) groups excluding carboxylic acids is 4. The molecule has 3 fully saturated rings. The number of nitrogens with zero attached hydrogens (tertiary/aromatic N) is 4. The van der Waals surface area contributed by atoms with Crippen LogP contribution in [-0.2, 0) is 25.4 Å². The number of pyridine rings is 1. The van der Waals surface area contributed by atoms with Crippen molar-refractivity contribution < 1.29 is 37.5 Å². The summed E-state index contributed by atoms with van der Waals surface area (Å²) >= 11 is 20.6. The molecule has 0 spiro atoms. The molecule has 15 heteroatoms. The minimum atomic E-state index is -4.82. The summed E-state index contributed by atoms with van der Waals surface area (Å²) in [6, 6.07) is 12.0. The molecular weight excluding hydrogens is 684 g/mol. The Hall–Kier alpha value is -3.87. The standard InChI is InChI=1S/C32H24Cl3F3N4O5/c1-40-28(46)30(34)13-19-16(23(31(30,35)29(40)47)18-8-7-14-5-3-4-6-15(14)24(18)43)9-10-17-22(19)27(45)42(26(17)44)41(2)25-20(33)11-12-21(39-25)32(36,37)38/h3-9,11-12,17,19,22-23,43H,10,13H2,1-2H3/t17-,19+,22-,23+,30+,31-/m0/s1. The van der Waals surface area contributed by atoms with Gasteiger partial charge in [-0.05, 0) is 36.3 Å². The molecule has 2 aromatic carbocycles. The highest BCUT2D eigenvalue weighted by atomic mass is 35.5. The zero-order valence-corrected chi connectivity index (χ0v) is 26.8. The Morgan fingerprint density at radius 2 is 1.68 bits per heavy atom. The van der Waals surface area contributed by atoms with Crippen molar-refractivity contribution in [1.82, 2.24) is 14.9 Å². The van der Waals surface area contributed by atoms with Gasteiger partial charge in [0.25, 0.3) is 23.6 Å². The number of phenolic OH excluding ortho intramolecular Hbond substituents is 1. The Labute approximate surface area is 280 Å². The molecule has 0 unspecified atom stereocenters. The summed E-state index contributed by atoms with van der Waals surface area (Å²) in [6.07, 6.45) is -3.44. The third-order valence-electron chi connectivity index (χ3n) is 9.96. The van der Waals surface area contributed by atoms with E-state index in [2.05, 4.69) is 4.98 Å². The lowest BCUT2D eigenvalue weighted by atomic mass is 9.56. The first kappa shape index (κ1) is 31.7. The first-order chi connectivity index (χ1) is 22.0. The van der Waals surface area contributed by atoms with Crippen molar-refractivity contribution >= 4 is 75.0 Å². The van der Waals surface area contributed by atoms with Crippen molar-refractivity contribution in [1.29, 1.82) is 0 Å². The summed E-state index contributed by atoms with van der Waals surface area (Å²) in [6.45, 7) is 0. The van der Waals surface area contributed by atoms with Crippen LogP contribution in [0.15, 0.2) is 60.2 Å². The topological polar surface area (TPSA) is 111 Å². The largest absolute Gasteiger partial charge is 0.507 e. The number of carbonyl (C=O) groups is 4. The molecule has 9 nitrogen and oxygen atoms in total. The van der Waals surface area contributed by atoms with E-state index in [9.17, 15) is 37.5 Å². The number of likely N-dealkylation sites (tertiary alicyclic amines) is 1. The zero-order valence-electron chi connectivity index (χ0n) is 24.6. The molecule has 3 aromatic rings. The van der Waals surface area contributed by atoms with Crippen LogP contribution in [0.1, 0.15) is 30.0 Å². The normalized spacial score (nSPS) is 30.4. The molecule has 4 aliphatic rings. The molecule has 1 saturated carbocycles. The van der Waals surface area contributed by atoms with Crippen molar-refractivity contribution in [2.45, 2.75) is 34.7 Å². The lowest BCUT2D eigenvalue weighted by Gasteiger charge is -2.50. The fourth-order valence-corrected chi connectivity index (χ4v) is 9.02. The fraction of sp³-hybridized carbons (Fsp3) is 0.344. The average molecular weight is 708 g/mol. The van der Waals surface area contributed by atoms with Gasteiger partial charge in [-0.2, -0.15) is 18.2 Å². The van der Waals surface area contributed by atoms with Crippen LogP contribution in [0.2, 0.25) is 5.02 Å². The quantitative estimate of drug-likeness (QED) is 0.213. The van der Waals surface area contributed by atoms with Gasteiger partial charge >= 0.3 is 6.18 Å². The second-order valence-electron chi connectivity index (χ2n) is 12.2. The zero-order chi connectivity index (χ0) is 34.0. The molecule has 0 bridgehead atoms. The van der Waals surface area contributed by atoms with E-state index < -0.39 is 74.7 Å². The molecule has 47 heavy (non-hydrogen) atoms. The monoisotopic (exact) mass is 706 g/mol. The predicted octanol–water partition coefficient (Wildman–Crippen LogP) is 5.65. The van der Waals surface area contributed by atoms with Gasteiger partial charge in [0.1, 0.15) is 11.4 Å². The number of rotatable bonds is 3. The van der Waals surface area contributed by atoms with Gasteiger partial charge in [-0.1, -0.05) is 59.6 Å². The maximum absolute atomic E-state index is 14.2. The van der Waals surface area contributed by atoms with E-state index in [1.807, 2.05) is 0 Å². The van der Waals surface area contributed by atoms with Gasteiger partial charge in [-0.15, -0.1) is 23.2 Å². The van der Waals surface area contributed by atoms with Crippen molar-refractivity contribution in [3.8, 4) is 5.75 Å². The summed E-state index contributed by atoms with van der Waals surface area (Å²) in [5.41, 5.74) is -0.619. The Morgan fingerprint density at radius 1 is 0.979 bits per heavy atom. The number of imide groups is 2. The molecule has 6 atom stereocenters. The highest BCUT2D eigenvalue weighted by molar-refractivity contribution is 6.53. The maximum atomic E-state index is 14.2. The van der Waals surface area contributed by atoms with Gasteiger partial charge in [0, 0.05) is 31.0 Å². The lowest BCUT2D eigenvalue weighted by Crippen LogP contribution is -2.60. The van der Waals surface area contributed by atoms with Crippen molar-refractivity contribution in [3.63, 3.8) is 0 Å². The molecule has 7 rings (SSSR count). The molecule has 1 aromatic heterocycles. The highest BCUT2D eigenvalue weighted by Gasteiger charge is 2.76. The lowest BCUT2D eigenvalue weighted by molar-refractivity contribution is -0.141. The highest BCUT2D eigenvalue weighted by Crippen LogP contribution is 2.66. The summed E-state index contributed by atoms with van der Waals surface area (Å²) < 4.78 is 40.5. The molecule has 0 radical (unpaired) electrons. The Kier molecular flexibility index (Phi) is 6.96. The number of anilines is 1. The summed E-state index contributed by atoms with van der Waals surface area (Å²) in [4.78, 5) is 55.8. The number of alkyl halides is 5. The number of allylic oxidation sites excluding steroid dienone is 2. The van der Waals surface area contributed by atoms with Crippen molar-refractivity contribution in [3.05, 3.63) is 76.5 Å². The minimum absolute atomic E-state index is 0.000237. The van der Waals surface area contributed by atoms with Gasteiger partial charge in [-0.3, -0.25) is 29.1 Å². The number of hydrazine groups is 1. The molecule has 4 amide bonds. The molecule has 244 valence electrons. The van der Waals surface area contributed by atoms with Gasteiger partial charge < -0.3 is 5.11 Å². The Bertz CT molecular complexity index is 1970. The van der Waals surface area contributed by atoms with E-state index in [4.69, 9.17) is 34.8 Å². The van der Waals surface area contributed by atoms with E-state index in [0.717, 1.165) is 16.0 Å². The number of amides is 4. The van der Waals surface area contributed by atoms with E-state index >= 15 is 0 Å². The van der Waals surface area contributed by atoms with Crippen LogP contribution in [0.5, 0.6) is 5.75 Å². The van der Waals surface area contributed by atoms with Crippen molar-refractivity contribution in [2.75, 3.05) is 19.1 Å². The van der Waals surface area contributed by atoms with Crippen LogP contribution < -0.4 is 5.01 Å². The fourth-order valence-electron chi connectivity index (χ4n) is 7.78. The second kappa shape index (κ2) is 10.3. The van der Waals surface area contributed by atoms with E-state index in [-0.39, 0.29) is 29.2 Å².